The van der Waals surface area contributed by atoms with Gasteiger partial charge in [0.25, 0.3) is 0 Å². The van der Waals surface area contributed by atoms with E-state index in [0.29, 0.717) is 0 Å². The fraction of sp³-hybridized carbons (Fsp3) is 0.222. The summed E-state index contributed by atoms with van der Waals surface area (Å²) in [6, 6.07) is 6.47. The minimum Gasteiger partial charge on any atom is -0.369 e. The molecule has 1 aromatic carbocycles. The van der Waals surface area contributed by atoms with Crippen LogP contribution in [0.3, 0.4) is 0 Å². The molecule has 0 saturated carbocycles. The Balaban J connectivity index is 1.54. The van der Waals surface area contributed by atoms with E-state index in [9.17, 15) is 0 Å². The molecule has 0 atom stereocenters. The molecule has 0 spiro atoms. The van der Waals surface area contributed by atoms with E-state index in [1.807, 2.05) is 12.4 Å². The average molecular weight is 303 g/mol. The lowest BCUT2D eigenvalue weighted by molar-refractivity contribution is 0.359. The number of H-pyrrole nitrogens is 1. The zero-order valence-electron chi connectivity index (χ0n) is 12.7. The number of hydrogen-bond acceptors (Lipinski definition) is 3. The van der Waals surface area contributed by atoms with Gasteiger partial charge >= 0.3 is 0 Å². The third-order valence-corrected chi connectivity index (χ3v) is 4.76. The number of benzene rings is 1. The average Bonchev–Trinajstić information content (AvgIpc) is 3.11. The summed E-state index contributed by atoms with van der Waals surface area (Å²) in [4.78, 5) is 7.29. The van der Waals surface area contributed by atoms with Gasteiger partial charge in [0.15, 0.2) is 0 Å². The highest BCUT2D eigenvalue weighted by Gasteiger charge is 2.19. The lowest BCUT2D eigenvalue weighted by Crippen LogP contribution is -2.26. The summed E-state index contributed by atoms with van der Waals surface area (Å²) >= 11 is 0. The standard InChI is InChI=1S/C18H17N5/c1-2-15(3-1)22-7-6-18-21-16-5-4-13(14-11-19-20-12-14)10-17(16)23(18)9-8-22/h1-5,10-12H,6-9H2,(H,19,20). The molecular weight excluding hydrogens is 286 g/mol. The van der Waals surface area contributed by atoms with Gasteiger partial charge in [-0.3, -0.25) is 5.10 Å². The molecule has 3 heterocycles. The summed E-state index contributed by atoms with van der Waals surface area (Å²) < 4.78 is 2.38. The van der Waals surface area contributed by atoms with Crippen LogP contribution >= 0.6 is 0 Å². The van der Waals surface area contributed by atoms with Crippen LogP contribution < -0.4 is 0 Å². The van der Waals surface area contributed by atoms with Crippen LogP contribution in [0, 0.1) is 0 Å². The van der Waals surface area contributed by atoms with E-state index in [0.717, 1.165) is 37.1 Å². The van der Waals surface area contributed by atoms with Crippen molar-refractivity contribution >= 4 is 11.0 Å². The molecule has 5 heteroatoms. The number of imidazole rings is 1. The lowest BCUT2D eigenvalue weighted by atomic mass is 10.1. The highest BCUT2D eigenvalue weighted by atomic mass is 15.2. The molecule has 1 N–H and O–H groups in total. The number of allylic oxidation sites excluding steroid dienone is 3. The van der Waals surface area contributed by atoms with Gasteiger partial charge in [0, 0.05) is 43.5 Å². The predicted octanol–water partition coefficient (Wildman–Crippen LogP) is 2.74. The number of aromatic amines is 1. The van der Waals surface area contributed by atoms with Gasteiger partial charge in [0.1, 0.15) is 5.82 Å². The Bertz CT molecular complexity index is 930. The van der Waals surface area contributed by atoms with Gasteiger partial charge in [-0.15, -0.1) is 0 Å². The summed E-state index contributed by atoms with van der Waals surface area (Å²) in [6.45, 7) is 3.05. The minimum absolute atomic E-state index is 0.978. The first-order valence-electron chi connectivity index (χ1n) is 8.00. The maximum Gasteiger partial charge on any atom is 0.111 e. The van der Waals surface area contributed by atoms with Crippen LogP contribution in [-0.2, 0) is 13.0 Å². The lowest BCUT2D eigenvalue weighted by Gasteiger charge is -2.25. The van der Waals surface area contributed by atoms with Crippen molar-refractivity contribution in [2.45, 2.75) is 13.0 Å². The molecule has 5 rings (SSSR count). The van der Waals surface area contributed by atoms with Gasteiger partial charge in [-0.25, -0.2) is 4.98 Å². The predicted molar refractivity (Wildman–Crippen MR) is 89.8 cm³/mol. The number of rotatable bonds is 2. The first kappa shape index (κ1) is 12.7. The van der Waals surface area contributed by atoms with Gasteiger partial charge in [-0.05, 0) is 29.8 Å². The Labute approximate surface area is 133 Å². The molecule has 3 aromatic rings. The van der Waals surface area contributed by atoms with Crippen molar-refractivity contribution < 1.29 is 0 Å². The molecule has 0 fully saturated rings. The molecular formula is C18H17N5. The number of aromatic nitrogens is 4. The third-order valence-electron chi connectivity index (χ3n) is 4.76. The Morgan fingerprint density at radius 1 is 1.09 bits per heavy atom. The Hall–Kier alpha value is -2.82. The van der Waals surface area contributed by atoms with Crippen LogP contribution in [0.1, 0.15) is 5.82 Å². The number of nitrogens with zero attached hydrogens (tertiary/aromatic N) is 4. The van der Waals surface area contributed by atoms with Crippen molar-refractivity contribution in [2.75, 3.05) is 13.1 Å². The van der Waals surface area contributed by atoms with E-state index in [1.165, 1.54) is 22.6 Å². The van der Waals surface area contributed by atoms with Crippen LogP contribution in [-0.4, -0.2) is 37.7 Å². The first-order valence-corrected chi connectivity index (χ1v) is 8.00. The SMILES string of the molecule is C1=CC(N2CCc3nc4ccc(-c5cn[nH]c5)cc4n3CC2)=C1. The molecule has 0 radical (unpaired) electrons. The van der Waals surface area contributed by atoms with Gasteiger partial charge in [-0.2, -0.15) is 5.10 Å². The van der Waals surface area contributed by atoms with Crippen molar-refractivity contribution in [2.24, 2.45) is 0 Å². The molecule has 2 aliphatic rings. The monoisotopic (exact) mass is 303 g/mol. The quantitative estimate of drug-likeness (QED) is 0.792. The van der Waals surface area contributed by atoms with E-state index in [2.05, 4.69) is 56.1 Å². The van der Waals surface area contributed by atoms with Crippen LogP contribution in [0.5, 0.6) is 0 Å². The Morgan fingerprint density at radius 3 is 2.83 bits per heavy atom. The van der Waals surface area contributed by atoms with Gasteiger partial charge in [0.05, 0.1) is 17.2 Å². The second kappa shape index (κ2) is 4.84. The van der Waals surface area contributed by atoms with Crippen LogP contribution in [0.15, 0.2) is 54.5 Å². The first-order chi connectivity index (χ1) is 11.4. The molecule has 2 aromatic heterocycles. The summed E-state index contributed by atoms with van der Waals surface area (Å²) in [7, 11) is 0. The summed E-state index contributed by atoms with van der Waals surface area (Å²) in [6.07, 6.45) is 11.2. The maximum atomic E-state index is 4.85. The highest BCUT2D eigenvalue weighted by molar-refractivity contribution is 5.82. The van der Waals surface area contributed by atoms with E-state index in [-0.39, 0.29) is 0 Å². The molecule has 0 unspecified atom stereocenters. The topological polar surface area (TPSA) is 49.7 Å². The van der Waals surface area contributed by atoms with E-state index < -0.39 is 0 Å². The minimum atomic E-state index is 0.978. The fourth-order valence-electron chi connectivity index (χ4n) is 3.42. The highest BCUT2D eigenvalue weighted by Crippen LogP contribution is 2.26. The summed E-state index contributed by atoms with van der Waals surface area (Å²) in [5, 5.41) is 6.93. The fourth-order valence-corrected chi connectivity index (χ4v) is 3.42. The number of fused-ring (bicyclic) bond motifs is 3. The van der Waals surface area contributed by atoms with E-state index in [1.54, 1.807) is 0 Å². The van der Waals surface area contributed by atoms with Crippen LogP contribution in [0.2, 0.25) is 0 Å². The molecule has 0 amide bonds. The van der Waals surface area contributed by atoms with E-state index >= 15 is 0 Å². The Morgan fingerprint density at radius 2 is 2.04 bits per heavy atom. The Kier molecular flexibility index (Phi) is 2.67. The second-order valence-corrected chi connectivity index (χ2v) is 6.06. The summed E-state index contributed by atoms with van der Waals surface area (Å²) in [5.74, 6) is 1.19. The zero-order chi connectivity index (χ0) is 15.2. The van der Waals surface area contributed by atoms with Gasteiger partial charge in [0.2, 0.25) is 0 Å². The molecule has 1 aliphatic carbocycles. The number of nitrogens with one attached hydrogen (secondary N) is 1. The van der Waals surface area contributed by atoms with Crippen molar-refractivity contribution in [1.82, 2.24) is 24.6 Å². The molecule has 23 heavy (non-hydrogen) atoms. The van der Waals surface area contributed by atoms with Crippen molar-refractivity contribution in [3.8, 4) is 11.1 Å². The molecule has 114 valence electrons. The largest absolute Gasteiger partial charge is 0.369 e. The van der Waals surface area contributed by atoms with Crippen molar-refractivity contribution in [1.29, 1.82) is 0 Å². The molecule has 0 saturated heterocycles. The summed E-state index contributed by atoms with van der Waals surface area (Å²) in [5.41, 5.74) is 5.95. The second-order valence-electron chi connectivity index (χ2n) is 6.06. The smallest absolute Gasteiger partial charge is 0.111 e. The third kappa shape index (κ3) is 2.00. The van der Waals surface area contributed by atoms with Crippen LogP contribution in [0.25, 0.3) is 22.2 Å². The van der Waals surface area contributed by atoms with Crippen molar-refractivity contribution in [3.05, 3.63) is 60.3 Å². The van der Waals surface area contributed by atoms with Crippen LogP contribution in [0.4, 0.5) is 0 Å². The van der Waals surface area contributed by atoms with Gasteiger partial charge in [-0.1, -0.05) is 12.1 Å². The molecule has 0 bridgehead atoms. The number of hydrogen-bond donors (Lipinski definition) is 1. The van der Waals surface area contributed by atoms with Crippen molar-refractivity contribution in [3.63, 3.8) is 0 Å². The molecule has 1 aliphatic heterocycles. The molecule has 5 nitrogen and oxygen atoms in total. The zero-order valence-corrected chi connectivity index (χ0v) is 12.7. The normalized spacial score (nSPS) is 16.9. The van der Waals surface area contributed by atoms with Gasteiger partial charge < -0.3 is 9.47 Å². The maximum absolute atomic E-state index is 4.85. The van der Waals surface area contributed by atoms with E-state index in [4.69, 9.17) is 4.98 Å².